The molecule has 2 nitrogen and oxygen atoms in total. The summed E-state index contributed by atoms with van der Waals surface area (Å²) in [6.07, 6.45) is 4.23. The highest BCUT2D eigenvalue weighted by molar-refractivity contribution is 4.86. The van der Waals surface area contributed by atoms with Crippen LogP contribution in [-0.2, 0) is 0 Å². The van der Waals surface area contributed by atoms with Crippen LogP contribution in [0.2, 0.25) is 0 Å². The minimum atomic E-state index is 0.300. The monoisotopic (exact) mass is 227 g/mol. The molecule has 1 unspecified atom stereocenters. The average Bonchev–Trinajstić information content (AvgIpc) is 2.07. The zero-order chi connectivity index (χ0) is 12.2. The van der Waals surface area contributed by atoms with Crippen molar-refractivity contribution < 1.29 is 5.11 Å². The highest BCUT2D eigenvalue weighted by Gasteiger charge is 2.33. The van der Waals surface area contributed by atoms with E-state index < -0.39 is 0 Å². The van der Waals surface area contributed by atoms with Gasteiger partial charge < -0.3 is 10.4 Å². The molecule has 96 valence electrons. The lowest BCUT2D eigenvalue weighted by Crippen LogP contribution is -2.41. The molecule has 1 atom stereocenters. The summed E-state index contributed by atoms with van der Waals surface area (Å²) < 4.78 is 0. The van der Waals surface area contributed by atoms with Gasteiger partial charge in [0.05, 0.1) is 0 Å². The van der Waals surface area contributed by atoms with Gasteiger partial charge in [-0.3, -0.25) is 0 Å². The smallest absolute Gasteiger partial charge is 0.0473 e. The molecule has 0 aromatic heterocycles. The van der Waals surface area contributed by atoms with Gasteiger partial charge in [0, 0.05) is 19.7 Å². The first-order chi connectivity index (χ1) is 7.47. The lowest BCUT2D eigenvalue weighted by atomic mass is 9.67. The Kier molecular flexibility index (Phi) is 5.26. The minimum Gasteiger partial charge on any atom is -0.396 e. The summed E-state index contributed by atoms with van der Waals surface area (Å²) in [5, 5.41) is 12.8. The molecule has 0 aliphatic heterocycles. The first-order valence-electron chi connectivity index (χ1n) is 6.79. The first-order valence-corrected chi connectivity index (χ1v) is 6.79. The summed E-state index contributed by atoms with van der Waals surface area (Å²) in [7, 11) is 0. The number of hydrogen-bond acceptors (Lipinski definition) is 2. The van der Waals surface area contributed by atoms with E-state index in [1.807, 2.05) is 0 Å². The van der Waals surface area contributed by atoms with Crippen LogP contribution in [0.25, 0.3) is 0 Å². The summed E-state index contributed by atoms with van der Waals surface area (Å²) >= 11 is 0. The SMILES string of the molecule is CC(C)C(CO)CNCC(C)(C)C1CCC1. The molecule has 0 radical (unpaired) electrons. The lowest BCUT2D eigenvalue weighted by Gasteiger charge is -2.41. The van der Waals surface area contributed by atoms with E-state index in [9.17, 15) is 5.11 Å². The Morgan fingerprint density at radius 1 is 1.31 bits per heavy atom. The average molecular weight is 227 g/mol. The molecule has 1 aliphatic carbocycles. The van der Waals surface area contributed by atoms with Crippen LogP contribution >= 0.6 is 0 Å². The number of nitrogens with one attached hydrogen (secondary N) is 1. The topological polar surface area (TPSA) is 32.3 Å². The maximum Gasteiger partial charge on any atom is 0.0473 e. The molecule has 16 heavy (non-hydrogen) atoms. The van der Waals surface area contributed by atoms with Crippen molar-refractivity contribution in [1.82, 2.24) is 5.32 Å². The maximum atomic E-state index is 9.25. The van der Waals surface area contributed by atoms with Gasteiger partial charge in [-0.15, -0.1) is 0 Å². The van der Waals surface area contributed by atoms with Crippen LogP contribution in [0.4, 0.5) is 0 Å². The van der Waals surface area contributed by atoms with Gasteiger partial charge in [-0.25, -0.2) is 0 Å². The Labute approximate surface area is 101 Å². The van der Waals surface area contributed by atoms with E-state index >= 15 is 0 Å². The zero-order valence-corrected chi connectivity index (χ0v) is 11.4. The maximum absolute atomic E-state index is 9.25. The van der Waals surface area contributed by atoms with Crippen LogP contribution in [0.15, 0.2) is 0 Å². The molecule has 0 aromatic rings. The third kappa shape index (κ3) is 3.74. The van der Waals surface area contributed by atoms with Crippen molar-refractivity contribution in [3.8, 4) is 0 Å². The molecule has 0 heterocycles. The Hall–Kier alpha value is -0.0800. The van der Waals surface area contributed by atoms with E-state index in [2.05, 4.69) is 33.0 Å². The second-order valence-corrected chi connectivity index (χ2v) is 6.43. The summed E-state index contributed by atoms with van der Waals surface area (Å²) in [4.78, 5) is 0. The van der Waals surface area contributed by atoms with E-state index in [1.165, 1.54) is 19.3 Å². The molecule has 2 heteroatoms. The Bertz CT molecular complexity index is 197. The van der Waals surface area contributed by atoms with Crippen molar-refractivity contribution in [3.63, 3.8) is 0 Å². The molecule has 0 spiro atoms. The van der Waals surface area contributed by atoms with Crippen LogP contribution in [-0.4, -0.2) is 24.8 Å². The Balaban J connectivity index is 2.22. The molecule has 0 saturated heterocycles. The fraction of sp³-hybridized carbons (Fsp3) is 1.00. The Morgan fingerprint density at radius 3 is 2.31 bits per heavy atom. The largest absolute Gasteiger partial charge is 0.396 e. The second-order valence-electron chi connectivity index (χ2n) is 6.43. The van der Waals surface area contributed by atoms with E-state index in [0.717, 1.165) is 19.0 Å². The second kappa shape index (κ2) is 6.02. The molecule has 1 rings (SSSR count). The van der Waals surface area contributed by atoms with Gasteiger partial charge in [-0.2, -0.15) is 0 Å². The van der Waals surface area contributed by atoms with Crippen LogP contribution in [0.1, 0.15) is 47.0 Å². The van der Waals surface area contributed by atoms with Gasteiger partial charge >= 0.3 is 0 Å². The van der Waals surface area contributed by atoms with Crippen molar-refractivity contribution >= 4 is 0 Å². The van der Waals surface area contributed by atoms with E-state index in [4.69, 9.17) is 0 Å². The fourth-order valence-electron chi connectivity index (χ4n) is 2.42. The molecule has 1 fully saturated rings. The van der Waals surface area contributed by atoms with Crippen molar-refractivity contribution in [3.05, 3.63) is 0 Å². The summed E-state index contributed by atoms with van der Waals surface area (Å²) in [6.45, 7) is 11.4. The molecule has 0 bridgehead atoms. The van der Waals surface area contributed by atoms with Gasteiger partial charge in [0.25, 0.3) is 0 Å². The first kappa shape index (κ1) is 14.0. The van der Waals surface area contributed by atoms with Gasteiger partial charge in [0.15, 0.2) is 0 Å². The van der Waals surface area contributed by atoms with Crippen LogP contribution in [0, 0.1) is 23.2 Å². The van der Waals surface area contributed by atoms with Gasteiger partial charge in [0.1, 0.15) is 0 Å². The molecule has 0 amide bonds. The number of rotatable bonds is 7. The molecule has 1 saturated carbocycles. The van der Waals surface area contributed by atoms with Crippen LogP contribution in [0.5, 0.6) is 0 Å². The predicted octanol–water partition coefficient (Wildman–Crippen LogP) is 2.67. The normalized spacial score (nSPS) is 19.9. The van der Waals surface area contributed by atoms with Crippen molar-refractivity contribution in [2.24, 2.45) is 23.2 Å². The van der Waals surface area contributed by atoms with E-state index in [1.54, 1.807) is 0 Å². The quantitative estimate of drug-likeness (QED) is 0.701. The highest BCUT2D eigenvalue weighted by Crippen LogP contribution is 2.41. The lowest BCUT2D eigenvalue weighted by molar-refractivity contribution is 0.112. The third-order valence-electron chi connectivity index (χ3n) is 4.37. The summed E-state index contributed by atoms with van der Waals surface area (Å²) in [5.74, 6) is 1.87. The highest BCUT2D eigenvalue weighted by atomic mass is 16.3. The van der Waals surface area contributed by atoms with Crippen molar-refractivity contribution in [2.45, 2.75) is 47.0 Å². The number of aliphatic hydroxyl groups is 1. The van der Waals surface area contributed by atoms with Crippen molar-refractivity contribution in [1.29, 1.82) is 0 Å². The molecular weight excluding hydrogens is 198 g/mol. The van der Waals surface area contributed by atoms with E-state index in [0.29, 0.717) is 23.9 Å². The van der Waals surface area contributed by atoms with Crippen molar-refractivity contribution in [2.75, 3.05) is 19.7 Å². The minimum absolute atomic E-state index is 0.300. The molecule has 2 N–H and O–H groups in total. The standard InChI is InChI=1S/C14H29NO/c1-11(2)12(9-16)8-15-10-14(3,4)13-6-5-7-13/h11-13,15-16H,5-10H2,1-4H3. The summed E-state index contributed by atoms with van der Waals surface area (Å²) in [6, 6.07) is 0. The third-order valence-corrected chi connectivity index (χ3v) is 4.37. The molecule has 1 aliphatic rings. The fourth-order valence-corrected chi connectivity index (χ4v) is 2.42. The molecular formula is C14H29NO. The van der Waals surface area contributed by atoms with Gasteiger partial charge in [-0.05, 0) is 36.0 Å². The Morgan fingerprint density at radius 2 is 1.94 bits per heavy atom. The number of hydrogen-bond donors (Lipinski definition) is 2. The van der Waals surface area contributed by atoms with E-state index in [-0.39, 0.29) is 0 Å². The van der Waals surface area contributed by atoms with Gasteiger partial charge in [0.2, 0.25) is 0 Å². The van der Waals surface area contributed by atoms with Crippen LogP contribution in [0.3, 0.4) is 0 Å². The number of aliphatic hydroxyl groups excluding tert-OH is 1. The summed E-state index contributed by atoms with van der Waals surface area (Å²) in [5.41, 5.74) is 0.426. The predicted molar refractivity (Wildman–Crippen MR) is 69.4 cm³/mol. The molecule has 0 aromatic carbocycles. The van der Waals surface area contributed by atoms with Crippen LogP contribution < -0.4 is 5.32 Å². The van der Waals surface area contributed by atoms with Gasteiger partial charge in [-0.1, -0.05) is 34.1 Å². The zero-order valence-electron chi connectivity index (χ0n) is 11.4.